The molecule has 3 rings (SSSR count). The van der Waals surface area contributed by atoms with Crippen molar-refractivity contribution in [3.05, 3.63) is 70.7 Å². The number of aliphatic hydroxyl groups excluding tert-OH is 2. The lowest BCUT2D eigenvalue weighted by Gasteiger charge is -2.32. The van der Waals surface area contributed by atoms with Crippen LogP contribution < -0.4 is 10.6 Å². The summed E-state index contributed by atoms with van der Waals surface area (Å²) >= 11 is 0. The van der Waals surface area contributed by atoms with Gasteiger partial charge in [0.15, 0.2) is 12.2 Å². The molecule has 2 aromatic carbocycles. The standard InChI is InChI=1S/C20H19NO6/c22-16(18(24)25)10-14-13-8-4-5-9-15(13)21-20(14,11-17(23)19(26)27)12-6-2-1-3-7-12/h1-9,16-17,22-23H,10-11H2,(H,24,25)(H,26,27). The molecule has 1 aliphatic heterocycles. The van der Waals surface area contributed by atoms with Crippen molar-refractivity contribution >= 4 is 17.5 Å². The van der Waals surface area contributed by atoms with Crippen molar-refractivity contribution in [2.45, 2.75) is 30.6 Å². The highest BCUT2D eigenvalue weighted by Crippen LogP contribution is 2.42. The van der Waals surface area contributed by atoms with Crippen molar-refractivity contribution < 1.29 is 30.0 Å². The molecule has 0 bridgehead atoms. The quantitative estimate of drug-likeness (QED) is 0.546. The molecule has 1 aliphatic rings. The average molecular weight is 369 g/mol. The first-order valence-electron chi connectivity index (χ1n) is 8.41. The summed E-state index contributed by atoms with van der Waals surface area (Å²) in [6.45, 7) is 0. The maximum atomic E-state index is 11.3. The van der Waals surface area contributed by atoms with E-state index in [1.807, 2.05) is 0 Å². The molecule has 0 aromatic heterocycles. The molecule has 0 amide bonds. The molecule has 0 aliphatic carbocycles. The normalized spacial score (nSPS) is 20.4. The van der Waals surface area contributed by atoms with Gasteiger partial charge in [0.25, 0.3) is 0 Å². The molecule has 140 valence electrons. The van der Waals surface area contributed by atoms with Gasteiger partial charge in [0.2, 0.25) is 0 Å². The van der Waals surface area contributed by atoms with Crippen LogP contribution in [0.25, 0.3) is 5.57 Å². The number of hydrogen-bond donors (Lipinski definition) is 4. The first-order valence-corrected chi connectivity index (χ1v) is 8.41. The largest absolute Gasteiger partial charge is 0.479 e. The molecule has 0 saturated heterocycles. The number of para-hydroxylation sites is 1. The average Bonchev–Trinajstić information content (AvgIpc) is 2.96. The first kappa shape index (κ1) is 18.8. The van der Waals surface area contributed by atoms with Crippen LogP contribution in [-0.4, -0.2) is 44.6 Å². The van der Waals surface area contributed by atoms with Gasteiger partial charge < -0.3 is 20.4 Å². The molecule has 2 aromatic rings. The van der Waals surface area contributed by atoms with Crippen LogP contribution in [0.5, 0.6) is 0 Å². The molecule has 7 nitrogen and oxygen atoms in total. The molecular weight excluding hydrogens is 350 g/mol. The lowest BCUT2D eigenvalue weighted by atomic mass is 9.77. The number of aliphatic carboxylic acids is 2. The summed E-state index contributed by atoms with van der Waals surface area (Å²) in [6.07, 6.45) is -3.90. The fourth-order valence-electron chi connectivity index (χ4n) is 3.49. The molecular formula is C20H19NO6. The second kappa shape index (κ2) is 7.30. The predicted molar refractivity (Wildman–Crippen MR) is 95.3 cm³/mol. The Balaban J connectivity index is 2.26. The number of benzene rings is 2. The minimum absolute atomic E-state index is 0.239. The van der Waals surface area contributed by atoms with Gasteiger partial charge in [0.05, 0.1) is 5.36 Å². The van der Waals surface area contributed by atoms with Crippen molar-refractivity contribution in [3.8, 4) is 0 Å². The predicted octanol–water partition coefficient (Wildman–Crippen LogP) is 0.0372. The summed E-state index contributed by atoms with van der Waals surface area (Å²) in [6, 6.07) is 15.8. The van der Waals surface area contributed by atoms with E-state index in [-0.39, 0.29) is 12.8 Å². The van der Waals surface area contributed by atoms with Gasteiger partial charge in [-0.25, -0.2) is 9.59 Å². The second-order valence-electron chi connectivity index (χ2n) is 6.45. The Morgan fingerprint density at radius 1 is 0.889 bits per heavy atom. The molecule has 4 N–H and O–H groups in total. The van der Waals surface area contributed by atoms with Crippen molar-refractivity contribution in [1.82, 2.24) is 0 Å². The van der Waals surface area contributed by atoms with Crippen LogP contribution in [0.1, 0.15) is 18.4 Å². The Hall–Kier alpha value is -3.03. The summed E-state index contributed by atoms with van der Waals surface area (Å²) in [7, 11) is 0. The number of nitrogens with zero attached hydrogens (tertiary/aromatic N) is 1. The van der Waals surface area contributed by atoms with Crippen LogP contribution in [0, 0.1) is 0 Å². The Morgan fingerprint density at radius 2 is 1.48 bits per heavy atom. The summed E-state index contributed by atoms with van der Waals surface area (Å²) in [4.78, 5) is 27.3. The third-order valence-corrected chi connectivity index (χ3v) is 4.75. The van der Waals surface area contributed by atoms with E-state index >= 15 is 0 Å². The topological polar surface area (TPSA) is 127 Å². The van der Waals surface area contributed by atoms with Gasteiger partial charge in [0, 0.05) is 18.1 Å². The number of hydrogen-bond acceptors (Lipinski definition) is 5. The van der Waals surface area contributed by atoms with E-state index < -0.39 is 29.7 Å². The van der Waals surface area contributed by atoms with E-state index in [1.165, 1.54) is 0 Å². The van der Waals surface area contributed by atoms with E-state index in [0.29, 0.717) is 21.7 Å². The van der Waals surface area contributed by atoms with Crippen LogP contribution in [0.4, 0.5) is 0 Å². The van der Waals surface area contributed by atoms with Crippen molar-refractivity contribution in [3.63, 3.8) is 0 Å². The summed E-state index contributed by atoms with van der Waals surface area (Å²) in [5.41, 5.74) is -0.187. The first-order chi connectivity index (χ1) is 12.8. The van der Waals surface area contributed by atoms with Crippen LogP contribution in [0.2, 0.25) is 0 Å². The fraction of sp³-hybridized carbons (Fsp3) is 0.250. The van der Waals surface area contributed by atoms with E-state index in [4.69, 9.17) is 10.1 Å². The SMILES string of the molecule is O=C(O)C(O)CC1=c2ccccc2=NC1(CC(O)C(=O)O)c1ccccc1. The summed E-state index contributed by atoms with van der Waals surface area (Å²) in [5, 5.41) is 39.7. The molecule has 0 fully saturated rings. The number of carboxylic acids is 2. The maximum Gasteiger partial charge on any atom is 0.332 e. The molecule has 0 saturated carbocycles. The number of carbonyl (C=O) groups is 2. The second-order valence-corrected chi connectivity index (χ2v) is 6.45. The van der Waals surface area contributed by atoms with Gasteiger partial charge >= 0.3 is 11.9 Å². The van der Waals surface area contributed by atoms with E-state index in [2.05, 4.69) is 0 Å². The van der Waals surface area contributed by atoms with Crippen molar-refractivity contribution in [2.24, 2.45) is 4.99 Å². The van der Waals surface area contributed by atoms with E-state index in [1.54, 1.807) is 54.6 Å². The smallest absolute Gasteiger partial charge is 0.332 e. The van der Waals surface area contributed by atoms with Crippen LogP contribution in [-0.2, 0) is 15.1 Å². The van der Waals surface area contributed by atoms with E-state index in [0.717, 1.165) is 0 Å². The van der Waals surface area contributed by atoms with Gasteiger partial charge in [-0.05, 0) is 17.2 Å². The number of fused-ring (bicyclic) bond motifs is 1. The summed E-state index contributed by atoms with van der Waals surface area (Å²) in [5.74, 6) is -2.78. The molecule has 0 radical (unpaired) electrons. The minimum atomic E-state index is -1.71. The number of carboxylic acid groups (broad SMARTS) is 2. The molecule has 0 spiro atoms. The van der Waals surface area contributed by atoms with Crippen molar-refractivity contribution in [1.29, 1.82) is 0 Å². The Labute approximate surface area is 154 Å². The molecule has 3 atom stereocenters. The lowest BCUT2D eigenvalue weighted by Crippen LogP contribution is -2.36. The monoisotopic (exact) mass is 369 g/mol. The van der Waals surface area contributed by atoms with Crippen LogP contribution in [0.3, 0.4) is 0 Å². The fourth-order valence-corrected chi connectivity index (χ4v) is 3.49. The van der Waals surface area contributed by atoms with Gasteiger partial charge in [-0.15, -0.1) is 0 Å². The Morgan fingerprint density at radius 3 is 2.11 bits per heavy atom. The molecule has 27 heavy (non-hydrogen) atoms. The zero-order valence-corrected chi connectivity index (χ0v) is 14.3. The zero-order valence-electron chi connectivity index (χ0n) is 14.3. The van der Waals surface area contributed by atoms with Crippen LogP contribution >= 0.6 is 0 Å². The Bertz CT molecular complexity index is 987. The van der Waals surface area contributed by atoms with Gasteiger partial charge in [-0.2, -0.15) is 0 Å². The third-order valence-electron chi connectivity index (χ3n) is 4.75. The highest BCUT2D eigenvalue weighted by Gasteiger charge is 2.43. The Kier molecular flexibility index (Phi) is 5.07. The highest BCUT2D eigenvalue weighted by atomic mass is 16.4. The maximum absolute atomic E-state index is 11.3. The lowest BCUT2D eigenvalue weighted by molar-refractivity contribution is -0.148. The number of aliphatic hydroxyl groups is 2. The summed E-state index contributed by atoms with van der Waals surface area (Å²) < 4.78 is 0. The third kappa shape index (κ3) is 3.47. The molecule has 3 unspecified atom stereocenters. The minimum Gasteiger partial charge on any atom is -0.479 e. The van der Waals surface area contributed by atoms with E-state index in [9.17, 15) is 24.9 Å². The molecule has 1 heterocycles. The number of rotatable bonds is 7. The van der Waals surface area contributed by atoms with Crippen molar-refractivity contribution in [2.75, 3.05) is 0 Å². The van der Waals surface area contributed by atoms with Gasteiger partial charge in [-0.3, -0.25) is 4.99 Å². The molecule has 7 heteroatoms. The van der Waals surface area contributed by atoms with Gasteiger partial charge in [-0.1, -0.05) is 48.5 Å². The van der Waals surface area contributed by atoms with Crippen LogP contribution in [0.15, 0.2) is 59.6 Å². The highest BCUT2D eigenvalue weighted by molar-refractivity contribution is 5.77. The van der Waals surface area contributed by atoms with Gasteiger partial charge in [0.1, 0.15) is 5.54 Å². The zero-order chi connectivity index (χ0) is 19.6.